The van der Waals surface area contributed by atoms with Gasteiger partial charge < -0.3 is 4.74 Å². The molecule has 1 heterocycles. The monoisotopic (exact) mass is 226 g/mol. The smallest absolute Gasteiger partial charge is 0.316 e. The number of thiophene rings is 1. The van der Waals surface area contributed by atoms with Gasteiger partial charge in [-0.3, -0.25) is 9.59 Å². The van der Waals surface area contributed by atoms with Gasteiger partial charge in [-0.15, -0.1) is 11.3 Å². The first-order valence-electron chi connectivity index (χ1n) is 4.73. The zero-order chi connectivity index (χ0) is 11.4. The molecule has 0 spiro atoms. The highest BCUT2D eigenvalue weighted by atomic mass is 32.1. The third-order valence-corrected chi connectivity index (χ3v) is 3.05. The van der Waals surface area contributed by atoms with Crippen LogP contribution in [-0.4, -0.2) is 18.9 Å². The van der Waals surface area contributed by atoms with Crippen molar-refractivity contribution in [2.45, 2.75) is 13.8 Å². The minimum absolute atomic E-state index is 0.0490. The van der Waals surface area contributed by atoms with Crippen LogP contribution in [0.3, 0.4) is 0 Å². The summed E-state index contributed by atoms with van der Waals surface area (Å²) in [6.45, 7) is 3.68. The molecule has 0 amide bonds. The van der Waals surface area contributed by atoms with Crippen LogP contribution in [0, 0.1) is 11.8 Å². The van der Waals surface area contributed by atoms with E-state index >= 15 is 0 Å². The zero-order valence-electron chi connectivity index (χ0n) is 9.02. The Morgan fingerprint density at radius 3 is 2.47 bits per heavy atom. The lowest BCUT2D eigenvalue weighted by molar-refractivity contribution is -0.144. The SMILES string of the molecule is COC(=O)C(C(=O)c1cccs1)C(C)C. The van der Waals surface area contributed by atoms with Crippen LogP contribution in [0.5, 0.6) is 0 Å². The summed E-state index contributed by atoms with van der Waals surface area (Å²) < 4.78 is 4.64. The minimum Gasteiger partial charge on any atom is -0.468 e. The molecule has 15 heavy (non-hydrogen) atoms. The normalized spacial score (nSPS) is 12.5. The molecule has 1 atom stereocenters. The second-order valence-corrected chi connectivity index (χ2v) is 4.53. The molecule has 4 heteroatoms. The molecular formula is C11H14O3S. The number of Topliss-reactive ketones (excluding diaryl/α,β-unsaturated/α-hetero) is 1. The van der Waals surface area contributed by atoms with Gasteiger partial charge in [0.25, 0.3) is 0 Å². The third-order valence-electron chi connectivity index (χ3n) is 2.17. The molecule has 0 saturated heterocycles. The second kappa shape index (κ2) is 5.07. The average molecular weight is 226 g/mol. The van der Waals surface area contributed by atoms with Gasteiger partial charge in [-0.05, 0) is 17.4 Å². The van der Waals surface area contributed by atoms with Crippen molar-refractivity contribution in [3.05, 3.63) is 22.4 Å². The van der Waals surface area contributed by atoms with Gasteiger partial charge in [0.2, 0.25) is 0 Å². The lowest BCUT2D eigenvalue weighted by Crippen LogP contribution is -2.29. The van der Waals surface area contributed by atoms with Gasteiger partial charge in [0.05, 0.1) is 12.0 Å². The highest BCUT2D eigenvalue weighted by molar-refractivity contribution is 7.12. The summed E-state index contributed by atoms with van der Waals surface area (Å²) in [6, 6.07) is 3.53. The molecule has 82 valence electrons. The number of ether oxygens (including phenoxy) is 1. The van der Waals surface area contributed by atoms with E-state index < -0.39 is 11.9 Å². The molecule has 0 radical (unpaired) electrons. The van der Waals surface area contributed by atoms with Crippen LogP contribution >= 0.6 is 11.3 Å². The van der Waals surface area contributed by atoms with Crippen molar-refractivity contribution < 1.29 is 14.3 Å². The number of hydrogen-bond acceptors (Lipinski definition) is 4. The molecule has 1 aromatic heterocycles. The Morgan fingerprint density at radius 1 is 1.40 bits per heavy atom. The van der Waals surface area contributed by atoms with Gasteiger partial charge in [0.1, 0.15) is 5.92 Å². The minimum atomic E-state index is -0.686. The third kappa shape index (κ3) is 2.65. The predicted octanol–water partition coefficient (Wildman–Crippen LogP) is 2.38. The summed E-state index contributed by atoms with van der Waals surface area (Å²) in [5.41, 5.74) is 0. The summed E-state index contributed by atoms with van der Waals surface area (Å²) in [7, 11) is 1.30. The van der Waals surface area contributed by atoms with Crippen LogP contribution < -0.4 is 0 Å². The Kier molecular flexibility index (Phi) is 4.03. The van der Waals surface area contributed by atoms with Gasteiger partial charge in [-0.1, -0.05) is 19.9 Å². The van der Waals surface area contributed by atoms with Crippen LogP contribution in [-0.2, 0) is 9.53 Å². The van der Waals surface area contributed by atoms with Crippen LogP contribution in [0.4, 0.5) is 0 Å². The van der Waals surface area contributed by atoms with E-state index in [4.69, 9.17) is 0 Å². The van der Waals surface area contributed by atoms with Crippen molar-refractivity contribution in [2.24, 2.45) is 11.8 Å². The first-order chi connectivity index (χ1) is 7.07. The Hall–Kier alpha value is -1.16. The second-order valence-electron chi connectivity index (χ2n) is 3.59. The van der Waals surface area contributed by atoms with E-state index in [1.54, 1.807) is 12.1 Å². The van der Waals surface area contributed by atoms with Crippen LogP contribution in [0.25, 0.3) is 0 Å². The van der Waals surface area contributed by atoms with Crippen molar-refractivity contribution in [3.63, 3.8) is 0 Å². The summed E-state index contributed by atoms with van der Waals surface area (Å²) >= 11 is 1.35. The summed E-state index contributed by atoms with van der Waals surface area (Å²) in [4.78, 5) is 24.0. The van der Waals surface area contributed by atoms with Gasteiger partial charge in [0.15, 0.2) is 5.78 Å². The molecule has 0 N–H and O–H groups in total. The van der Waals surface area contributed by atoms with E-state index in [2.05, 4.69) is 4.74 Å². The number of rotatable bonds is 4. The van der Waals surface area contributed by atoms with E-state index in [1.165, 1.54) is 18.4 Å². The maximum Gasteiger partial charge on any atom is 0.316 e. The predicted molar refractivity (Wildman–Crippen MR) is 59.0 cm³/mol. The first kappa shape index (κ1) is 11.9. The van der Waals surface area contributed by atoms with Crippen molar-refractivity contribution >= 4 is 23.1 Å². The first-order valence-corrected chi connectivity index (χ1v) is 5.61. The Balaban J connectivity index is 2.91. The highest BCUT2D eigenvalue weighted by Crippen LogP contribution is 2.21. The molecule has 1 aromatic rings. The Labute approximate surface area is 93.1 Å². The quantitative estimate of drug-likeness (QED) is 0.450. The number of carbonyl (C=O) groups excluding carboxylic acids is 2. The molecule has 0 fully saturated rings. The fraction of sp³-hybridized carbons (Fsp3) is 0.455. The van der Waals surface area contributed by atoms with Gasteiger partial charge in [-0.2, -0.15) is 0 Å². The van der Waals surface area contributed by atoms with Crippen LogP contribution in [0.15, 0.2) is 17.5 Å². The molecule has 0 saturated carbocycles. The topological polar surface area (TPSA) is 43.4 Å². The zero-order valence-corrected chi connectivity index (χ0v) is 9.84. The maximum absolute atomic E-state index is 12.0. The van der Waals surface area contributed by atoms with Gasteiger partial charge in [0, 0.05) is 0 Å². The molecule has 0 aromatic carbocycles. The number of ketones is 1. The number of methoxy groups -OCH3 is 1. The molecular weight excluding hydrogens is 212 g/mol. The molecule has 0 aliphatic carbocycles. The lowest BCUT2D eigenvalue weighted by Gasteiger charge is -2.15. The van der Waals surface area contributed by atoms with Crippen molar-refractivity contribution in [3.8, 4) is 0 Å². The highest BCUT2D eigenvalue weighted by Gasteiger charge is 2.31. The molecule has 0 aliphatic rings. The standard InChI is InChI=1S/C11H14O3S/c1-7(2)9(11(13)14-3)10(12)8-5-4-6-15-8/h4-7,9H,1-3H3. The van der Waals surface area contributed by atoms with Crippen molar-refractivity contribution in [1.82, 2.24) is 0 Å². The molecule has 3 nitrogen and oxygen atoms in total. The van der Waals surface area contributed by atoms with E-state index in [-0.39, 0.29) is 11.7 Å². The number of esters is 1. The Bertz CT molecular complexity index is 341. The summed E-state index contributed by atoms with van der Waals surface area (Å²) in [5.74, 6) is -1.34. The molecule has 1 rings (SSSR count). The molecule has 0 aliphatic heterocycles. The van der Waals surface area contributed by atoms with E-state index in [9.17, 15) is 9.59 Å². The fourth-order valence-electron chi connectivity index (χ4n) is 1.38. The van der Waals surface area contributed by atoms with E-state index in [0.29, 0.717) is 4.88 Å². The largest absolute Gasteiger partial charge is 0.468 e. The van der Waals surface area contributed by atoms with Gasteiger partial charge in [-0.25, -0.2) is 0 Å². The summed E-state index contributed by atoms with van der Waals surface area (Å²) in [5, 5.41) is 1.82. The van der Waals surface area contributed by atoms with Crippen molar-refractivity contribution in [2.75, 3.05) is 7.11 Å². The summed E-state index contributed by atoms with van der Waals surface area (Å²) in [6.07, 6.45) is 0. The average Bonchev–Trinajstić information content (AvgIpc) is 2.69. The molecule has 0 bridgehead atoms. The van der Waals surface area contributed by atoms with E-state index in [0.717, 1.165) is 0 Å². The van der Waals surface area contributed by atoms with E-state index in [1.807, 2.05) is 19.2 Å². The lowest BCUT2D eigenvalue weighted by atomic mass is 9.91. The number of carbonyl (C=O) groups is 2. The molecule has 1 unspecified atom stereocenters. The fourth-order valence-corrected chi connectivity index (χ4v) is 2.08. The van der Waals surface area contributed by atoms with Crippen molar-refractivity contribution in [1.29, 1.82) is 0 Å². The van der Waals surface area contributed by atoms with Crippen LogP contribution in [0.1, 0.15) is 23.5 Å². The maximum atomic E-state index is 12.0. The Morgan fingerprint density at radius 2 is 2.07 bits per heavy atom. The number of hydrogen-bond donors (Lipinski definition) is 0. The van der Waals surface area contributed by atoms with Gasteiger partial charge >= 0.3 is 5.97 Å². The van der Waals surface area contributed by atoms with Crippen LogP contribution in [0.2, 0.25) is 0 Å².